The van der Waals surface area contributed by atoms with Gasteiger partial charge in [-0.25, -0.2) is 9.69 Å². The first-order valence-corrected chi connectivity index (χ1v) is 5.36. The molecule has 1 amide bonds. The maximum atomic E-state index is 11.6. The van der Waals surface area contributed by atoms with Crippen molar-refractivity contribution in [1.29, 1.82) is 0 Å². The second-order valence-electron chi connectivity index (χ2n) is 3.93. The van der Waals surface area contributed by atoms with Crippen molar-refractivity contribution < 1.29 is 9.53 Å². The molecule has 15 heavy (non-hydrogen) atoms. The average Bonchev–Trinajstić information content (AvgIpc) is 2.23. The molecule has 82 valence electrons. The molecule has 0 aromatic rings. The SMILES string of the molecule is CCC1N=C(C)N2C(=O)OCCC2=C1C. The van der Waals surface area contributed by atoms with E-state index in [1.807, 2.05) is 6.92 Å². The van der Waals surface area contributed by atoms with Gasteiger partial charge in [0.25, 0.3) is 0 Å². The van der Waals surface area contributed by atoms with Gasteiger partial charge in [-0.05, 0) is 25.8 Å². The first kappa shape index (κ1) is 10.2. The molecule has 2 aliphatic rings. The van der Waals surface area contributed by atoms with E-state index >= 15 is 0 Å². The summed E-state index contributed by atoms with van der Waals surface area (Å²) in [5, 5.41) is 0. The van der Waals surface area contributed by atoms with E-state index in [2.05, 4.69) is 18.8 Å². The first-order chi connectivity index (χ1) is 7.15. The van der Waals surface area contributed by atoms with E-state index in [0.717, 1.165) is 24.4 Å². The van der Waals surface area contributed by atoms with E-state index in [9.17, 15) is 4.79 Å². The molecule has 1 saturated heterocycles. The van der Waals surface area contributed by atoms with E-state index in [1.165, 1.54) is 5.57 Å². The number of aliphatic imine (C=N–C) groups is 1. The summed E-state index contributed by atoms with van der Waals surface area (Å²) in [5.41, 5.74) is 2.30. The summed E-state index contributed by atoms with van der Waals surface area (Å²) in [4.78, 5) is 17.7. The van der Waals surface area contributed by atoms with E-state index in [-0.39, 0.29) is 12.1 Å². The number of carbonyl (C=O) groups excluding carboxylic acids is 1. The minimum atomic E-state index is -0.286. The minimum absolute atomic E-state index is 0.238. The molecular weight excluding hydrogens is 192 g/mol. The summed E-state index contributed by atoms with van der Waals surface area (Å²) in [5.74, 6) is 0.757. The van der Waals surface area contributed by atoms with Gasteiger partial charge in [0, 0.05) is 12.1 Å². The van der Waals surface area contributed by atoms with E-state index in [4.69, 9.17) is 4.74 Å². The van der Waals surface area contributed by atoms with Crippen LogP contribution in [0.5, 0.6) is 0 Å². The highest BCUT2D eigenvalue weighted by molar-refractivity contribution is 5.97. The van der Waals surface area contributed by atoms with Crippen LogP contribution in [0.2, 0.25) is 0 Å². The lowest BCUT2D eigenvalue weighted by atomic mass is 9.99. The highest BCUT2D eigenvalue weighted by atomic mass is 16.6. The summed E-state index contributed by atoms with van der Waals surface area (Å²) >= 11 is 0. The Hall–Kier alpha value is -1.32. The van der Waals surface area contributed by atoms with Crippen LogP contribution in [0.1, 0.15) is 33.6 Å². The molecule has 0 N–H and O–H groups in total. The third-order valence-corrected chi connectivity index (χ3v) is 3.02. The van der Waals surface area contributed by atoms with Crippen molar-refractivity contribution in [2.75, 3.05) is 6.61 Å². The lowest BCUT2D eigenvalue weighted by Gasteiger charge is -2.35. The normalized spacial score (nSPS) is 26.1. The highest BCUT2D eigenvalue weighted by Crippen LogP contribution is 2.29. The monoisotopic (exact) mass is 208 g/mol. The summed E-state index contributed by atoms with van der Waals surface area (Å²) in [6.07, 6.45) is 1.50. The zero-order valence-electron chi connectivity index (χ0n) is 9.41. The van der Waals surface area contributed by atoms with Gasteiger partial charge in [0.1, 0.15) is 5.84 Å². The number of amides is 1. The Bertz CT molecular complexity index is 358. The van der Waals surface area contributed by atoms with Crippen LogP contribution < -0.4 is 0 Å². The van der Waals surface area contributed by atoms with Crippen LogP contribution in [0.25, 0.3) is 0 Å². The number of cyclic esters (lactones) is 1. The molecule has 1 unspecified atom stereocenters. The second kappa shape index (κ2) is 3.68. The molecule has 4 heteroatoms. The summed E-state index contributed by atoms with van der Waals surface area (Å²) in [6.45, 7) is 6.53. The number of carbonyl (C=O) groups is 1. The Morgan fingerprint density at radius 3 is 2.93 bits per heavy atom. The first-order valence-electron chi connectivity index (χ1n) is 5.36. The number of ether oxygens (including phenoxy) is 1. The van der Waals surface area contributed by atoms with Crippen LogP contribution in [0.3, 0.4) is 0 Å². The van der Waals surface area contributed by atoms with Crippen molar-refractivity contribution in [3.05, 3.63) is 11.3 Å². The van der Waals surface area contributed by atoms with Gasteiger partial charge in [0.05, 0.1) is 12.6 Å². The highest BCUT2D eigenvalue weighted by Gasteiger charge is 2.33. The lowest BCUT2D eigenvalue weighted by Crippen LogP contribution is -2.43. The molecule has 4 nitrogen and oxygen atoms in total. The maximum Gasteiger partial charge on any atom is 0.419 e. The standard InChI is InChI=1S/C11H16N2O2/c1-4-9-7(2)10-5-6-15-11(14)13(10)8(3)12-9/h9H,4-6H2,1-3H3. The van der Waals surface area contributed by atoms with Gasteiger partial charge in [-0.3, -0.25) is 4.99 Å². The maximum absolute atomic E-state index is 11.6. The number of nitrogens with zero attached hydrogens (tertiary/aromatic N) is 2. The van der Waals surface area contributed by atoms with E-state index in [1.54, 1.807) is 4.90 Å². The largest absolute Gasteiger partial charge is 0.448 e. The van der Waals surface area contributed by atoms with E-state index in [0.29, 0.717) is 6.61 Å². The van der Waals surface area contributed by atoms with Gasteiger partial charge in [0.2, 0.25) is 0 Å². The van der Waals surface area contributed by atoms with Gasteiger partial charge < -0.3 is 4.74 Å². The Morgan fingerprint density at radius 1 is 1.53 bits per heavy atom. The molecule has 0 bridgehead atoms. The number of rotatable bonds is 1. The fourth-order valence-electron chi connectivity index (χ4n) is 2.19. The fourth-order valence-corrected chi connectivity index (χ4v) is 2.19. The third-order valence-electron chi connectivity index (χ3n) is 3.02. The molecule has 2 aliphatic heterocycles. The van der Waals surface area contributed by atoms with Gasteiger partial charge in [-0.15, -0.1) is 0 Å². The van der Waals surface area contributed by atoms with Gasteiger partial charge >= 0.3 is 6.09 Å². The van der Waals surface area contributed by atoms with Crippen LogP contribution in [-0.2, 0) is 4.74 Å². The second-order valence-corrected chi connectivity index (χ2v) is 3.93. The smallest absolute Gasteiger partial charge is 0.419 e. The topological polar surface area (TPSA) is 41.9 Å². The fraction of sp³-hybridized carbons (Fsp3) is 0.636. The number of amidine groups is 1. The summed E-state index contributed by atoms with van der Waals surface area (Å²) < 4.78 is 5.01. The van der Waals surface area contributed by atoms with Crippen LogP contribution in [-0.4, -0.2) is 29.5 Å². The molecule has 0 aliphatic carbocycles. The van der Waals surface area contributed by atoms with E-state index < -0.39 is 0 Å². The van der Waals surface area contributed by atoms with Crippen LogP contribution in [0.15, 0.2) is 16.3 Å². The number of hydrogen-bond donors (Lipinski definition) is 0. The minimum Gasteiger partial charge on any atom is -0.448 e. The summed E-state index contributed by atoms with van der Waals surface area (Å²) in [6, 6.07) is 0.238. The zero-order valence-corrected chi connectivity index (χ0v) is 9.41. The molecule has 0 saturated carbocycles. The molecule has 0 radical (unpaired) electrons. The number of hydrogen-bond acceptors (Lipinski definition) is 3. The summed E-state index contributed by atoms with van der Waals surface area (Å²) in [7, 11) is 0. The Morgan fingerprint density at radius 2 is 2.27 bits per heavy atom. The van der Waals surface area contributed by atoms with Crippen molar-refractivity contribution in [3.63, 3.8) is 0 Å². The molecule has 0 aromatic heterocycles. The number of fused-ring (bicyclic) bond motifs is 1. The third kappa shape index (κ3) is 1.54. The van der Waals surface area contributed by atoms with Crippen LogP contribution in [0.4, 0.5) is 4.79 Å². The van der Waals surface area contributed by atoms with Gasteiger partial charge in [-0.1, -0.05) is 6.92 Å². The molecular formula is C11H16N2O2. The van der Waals surface area contributed by atoms with Crippen molar-refractivity contribution in [1.82, 2.24) is 4.90 Å². The lowest BCUT2D eigenvalue weighted by molar-refractivity contribution is 0.110. The molecule has 0 aromatic carbocycles. The average molecular weight is 208 g/mol. The van der Waals surface area contributed by atoms with Crippen molar-refractivity contribution >= 4 is 11.9 Å². The molecule has 1 fully saturated rings. The predicted molar refractivity (Wildman–Crippen MR) is 57.7 cm³/mol. The Kier molecular flexibility index (Phi) is 2.50. The van der Waals surface area contributed by atoms with Gasteiger partial charge in [0.15, 0.2) is 0 Å². The van der Waals surface area contributed by atoms with Crippen molar-refractivity contribution in [2.45, 2.75) is 39.7 Å². The molecule has 2 heterocycles. The molecule has 2 rings (SSSR count). The Labute approximate surface area is 89.6 Å². The molecule has 0 spiro atoms. The zero-order chi connectivity index (χ0) is 11.0. The van der Waals surface area contributed by atoms with Gasteiger partial charge in [-0.2, -0.15) is 0 Å². The van der Waals surface area contributed by atoms with Crippen molar-refractivity contribution in [3.8, 4) is 0 Å². The van der Waals surface area contributed by atoms with Crippen LogP contribution in [0, 0.1) is 0 Å². The van der Waals surface area contributed by atoms with Crippen molar-refractivity contribution in [2.24, 2.45) is 4.99 Å². The molecule has 1 atom stereocenters. The van der Waals surface area contributed by atoms with Crippen LogP contribution >= 0.6 is 0 Å². The predicted octanol–water partition coefficient (Wildman–Crippen LogP) is 2.31. The Balaban J connectivity index is 2.40. The quantitative estimate of drug-likeness (QED) is 0.663.